The number of hydrogen-bond donors (Lipinski definition) is 3. The quantitative estimate of drug-likeness (QED) is 0.101. The summed E-state index contributed by atoms with van der Waals surface area (Å²) in [6.45, 7) is 6.12. The van der Waals surface area contributed by atoms with E-state index < -0.39 is 28.7 Å². The fourth-order valence-electron chi connectivity index (χ4n) is 9.06. The van der Waals surface area contributed by atoms with Crippen LogP contribution in [0, 0.1) is 5.92 Å². The van der Waals surface area contributed by atoms with Gasteiger partial charge in [-0.15, -0.1) is 0 Å². The molecule has 3 aromatic rings. The number of carbonyl (C=O) groups excluding carboxylic acids is 2. The maximum atomic E-state index is 14.3. The van der Waals surface area contributed by atoms with Crippen LogP contribution < -0.4 is 21.4 Å². The highest BCUT2D eigenvalue weighted by Gasteiger charge is 2.64. The number of pyridine rings is 1. The lowest BCUT2D eigenvalue weighted by atomic mass is 9.61. The molecule has 3 aliphatic heterocycles. The first kappa shape index (κ1) is 36.9. The number of anilines is 1. The molecule has 8 rings (SSSR count). The highest BCUT2D eigenvalue weighted by Crippen LogP contribution is 2.59. The van der Waals surface area contributed by atoms with E-state index in [1.54, 1.807) is 53.8 Å². The number of likely N-dealkylation sites (N-methyl/N-ethyl adjacent to an activating group) is 1. The third-order valence-electron chi connectivity index (χ3n) is 12.2. The van der Waals surface area contributed by atoms with E-state index in [2.05, 4.69) is 28.5 Å². The topological polar surface area (TPSA) is 157 Å². The number of aromatic nitrogens is 1. The molecule has 54 heavy (non-hydrogen) atoms. The summed E-state index contributed by atoms with van der Waals surface area (Å²) in [4.78, 5) is 47.5. The standard InChI is InChI=1S/C41H46N4O7S2/c1-5-22(2)38(48)52-40(3)11-10-24-21-53-54-33-9-8-30(43-4)29-20-45(37(29)33)35(47)15-27-19-44-34(42)16-28(27)36(24)41(40)18-26-14-25-13-23(7-6-12-46)39(49)50-31(25)17-32(26)51-41/h5,8-10,13-14,16-17,19,29-30,33,36-37,43,46H,6-7,11-12,15,18,20-21H2,1-4H3,(H2,42,44). The number of aliphatic hydroxyl groups is 1. The molecule has 5 heterocycles. The molecule has 1 aromatic carbocycles. The molecule has 1 amide bonds. The molecule has 1 saturated heterocycles. The lowest BCUT2D eigenvalue weighted by molar-refractivity contribution is -0.183. The number of amides is 1. The molecule has 11 nitrogen and oxygen atoms in total. The third-order valence-corrected chi connectivity index (χ3v) is 14.8. The maximum absolute atomic E-state index is 14.3. The predicted molar refractivity (Wildman–Crippen MR) is 211 cm³/mol. The molecule has 2 aromatic heterocycles. The Morgan fingerprint density at radius 2 is 2.06 bits per heavy atom. The van der Waals surface area contributed by atoms with Crippen LogP contribution >= 0.6 is 21.6 Å². The summed E-state index contributed by atoms with van der Waals surface area (Å²) in [5.74, 6) is 0.953. The van der Waals surface area contributed by atoms with Gasteiger partial charge in [-0.25, -0.2) is 14.6 Å². The van der Waals surface area contributed by atoms with Crippen LogP contribution in [0.3, 0.4) is 0 Å². The summed E-state index contributed by atoms with van der Waals surface area (Å²) in [5, 5.41) is 13.7. The number of nitrogen functional groups attached to an aromatic ring is 1. The number of nitrogens with two attached hydrogens (primary N) is 1. The molecule has 7 unspecified atom stereocenters. The van der Waals surface area contributed by atoms with Crippen LogP contribution in [-0.4, -0.2) is 81.4 Å². The largest absolute Gasteiger partial charge is 0.481 e. The van der Waals surface area contributed by atoms with Gasteiger partial charge in [0.1, 0.15) is 17.2 Å². The Kier molecular flexibility index (Phi) is 9.73. The van der Waals surface area contributed by atoms with Crippen molar-refractivity contribution in [3.63, 3.8) is 0 Å². The summed E-state index contributed by atoms with van der Waals surface area (Å²) in [6.07, 6.45) is 11.8. The minimum atomic E-state index is -1.18. The van der Waals surface area contributed by atoms with Gasteiger partial charge in [-0.1, -0.05) is 51.5 Å². The van der Waals surface area contributed by atoms with Crippen molar-refractivity contribution >= 4 is 50.3 Å². The number of nitrogens with zero attached hydrogens (tertiary/aromatic N) is 2. The Morgan fingerprint density at radius 1 is 1.22 bits per heavy atom. The van der Waals surface area contributed by atoms with Gasteiger partial charge in [0.2, 0.25) is 5.91 Å². The van der Waals surface area contributed by atoms with Crippen molar-refractivity contribution in [1.82, 2.24) is 15.2 Å². The molecular weight excluding hydrogens is 725 g/mol. The number of hydrogen-bond acceptors (Lipinski definition) is 12. The Bertz CT molecular complexity index is 2180. The van der Waals surface area contributed by atoms with Crippen molar-refractivity contribution in [1.29, 1.82) is 0 Å². The van der Waals surface area contributed by atoms with Crippen LogP contribution in [0.25, 0.3) is 11.0 Å². The third kappa shape index (κ3) is 6.07. The highest BCUT2D eigenvalue weighted by atomic mass is 33.1. The molecule has 7 atom stereocenters. The highest BCUT2D eigenvalue weighted by molar-refractivity contribution is 8.77. The van der Waals surface area contributed by atoms with E-state index in [0.29, 0.717) is 72.2 Å². The number of benzene rings is 1. The van der Waals surface area contributed by atoms with E-state index in [-0.39, 0.29) is 36.3 Å². The van der Waals surface area contributed by atoms with Crippen LogP contribution in [0.4, 0.5) is 5.82 Å². The van der Waals surface area contributed by atoms with Gasteiger partial charge in [-0.3, -0.25) is 4.79 Å². The summed E-state index contributed by atoms with van der Waals surface area (Å²) in [5.41, 5.74) is 8.56. The van der Waals surface area contributed by atoms with Crippen molar-refractivity contribution in [2.24, 2.45) is 5.92 Å². The van der Waals surface area contributed by atoms with E-state index >= 15 is 0 Å². The van der Waals surface area contributed by atoms with Gasteiger partial charge in [0, 0.05) is 72.5 Å². The number of esters is 1. The van der Waals surface area contributed by atoms with Gasteiger partial charge < -0.3 is 34.9 Å². The fraction of sp³-hybridized carbons (Fsp3) is 0.463. The average Bonchev–Trinajstić information content (AvgIpc) is 3.51. The normalized spacial score (nSPS) is 30.2. The van der Waals surface area contributed by atoms with Crippen molar-refractivity contribution in [3.8, 4) is 5.75 Å². The number of nitrogens with one attached hydrogen (secondary N) is 1. The number of fused-ring (bicyclic) bond motifs is 6. The predicted octanol–water partition coefficient (Wildman–Crippen LogP) is 5.04. The minimum absolute atomic E-state index is 0.0313. The first-order valence-electron chi connectivity index (χ1n) is 18.6. The molecule has 2 aliphatic carbocycles. The van der Waals surface area contributed by atoms with Gasteiger partial charge in [0.25, 0.3) is 0 Å². The molecule has 1 spiro atoms. The lowest BCUT2D eigenvalue weighted by Gasteiger charge is -2.55. The summed E-state index contributed by atoms with van der Waals surface area (Å²) < 4.78 is 19.6. The van der Waals surface area contributed by atoms with Crippen molar-refractivity contribution < 1.29 is 28.6 Å². The fourth-order valence-corrected chi connectivity index (χ4v) is 11.9. The second-order valence-corrected chi connectivity index (χ2v) is 17.8. The van der Waals surface area contributed by atoms with E-state index in [0.717, 1.165) is 27.6 Å². The zero-order valence-corrected chi connectivity index (χ0v) is 32.6. The van der Waals surface area contributed by atoms with Crippen molar-refractivity contribution in [2.75, 3.05) is 31.7 Å². The Balaban J connectivity index is 1.28. The first-order valence-corrected chi connectivity index (χ1v) is 21.0. The smallest absolute Gasteiger partial charge is 0.339 e. The van der Waals surface area contributed by atoms with Crippen molar-refractivity contribution in [2.45, 2.75) is 87.3 Å². The molecule has 0 radical (unpaired) electrons. The number of aryl methyl sites for hydroxylation is 1. The Morgan fingerprint density at radius 3 is 2.83 bits per heavy atom. The van der Waals surface area contributed by atoms with Crippen LogP contribution in [0.5, 0.6) is 5.75 Å². The molecular formula is C41H46N4O7S2. The monoisotopic (exact) mass is 770 g/mol. The van der Waals surface area contributed by atoms with Crippen LogP contribution in [0.1, 0.15) is 61.8 Å². The summed E-state index contributed by atoms with van der Waals surface area (Å²) >= 11 is 0. The zero-order chi connectivity index (χ0) is 37.9. The molecule has 5 aliphatic rings. The molecule has 1 fully saturated rings. The van der Waals surface area contributed by atoms with E-state index in [1.807, 2.05) is 37.1 Å². The Hall–Kier alpha value is -4.04. The van der Waals surface area contributed by atoms with Gasteiger partial charge >= 0.3 is 11.6 Å². The summed E-state index contributed by atoms with van der Waals surface area (Å²) in [6, 6.07) is 7.74. The van der Waals surface area contributed by atoms with E-state index in [1.165, 1.54) is 0 Å². The minimum Gasteiger partial charge on any atom is -0.481 e. The number of rotatable bonds is 6. The number of aliphatic hydroxyl groups excluding tert-OH is 1. The molecule has 4 N–H and O–H groups in total. The number of ether oxygens (including phenoxy) is 2. The van der Waals surface area contributed by atoms with Gasteiger partial charge in [-0.05, 0) is 75.5 Å². The van der Waals surface area contributed by atoms with Crippen LogP contribution in [0.15, 0.2) is 75.1 Å². The molecule has 0 saturated carbocycles. The maximum Gasteiger partial charge on any atom is 0.339 e. The lowest BCUT2D eigenvalue weighted by Crippen LogP contribution is -2.68. The summed E-state index contributed by atoms with van der Waals surface area (Å²) in [7, 11) is 5.53. The van der Waals surface area contributed by atoms with Crippen molar-refractivity contribution in [3.05, 3.63) is 98.6 Å². The first-order chi connectivity index (χ1) is 26.0. The van der Waals surface area contributed by atoms with Gasteiger partial charge in [0.05, 0.1) is 23.6 Å². The Labute approximate surface area is 322 Å². The van der Waals surface area contributed by atoms with Crippen LogP contribution in [-0.2, 0) is 33.6 Å². The van der Waals surface area contributed by atoms with Gasteiger partial charge in [-0.2, -0.15) is 0 Å². The SMILES string of the molecule is CC=C(C)C(=O)OC1(C)CC=C2CSSC3C=CC(NC)C4CN(C(=O)Cc5cnc(N)cc5C2C12Cc1cc5cc(CCCO)c(=O)oc5cc1O2)C34. The van der Waals surface area contributed by atoms with Gasteiger partial charge in [0.15, 0.2) is 11.2 Å². The zero-order valence-electron chi connectivity index (χ0n) is 30.9. The molecule has 0 bridgehead atoms. The molecule has 284 valence electrons. The van der Waals surface area contributed by atoms with E-state index in [4.69, 9.17) is 19.6 Å². The average molecular weight is 771 g/mol. The number of carbonyl (C=O) groups is 2. The second-order valence-electron chi connectivity index (χ2n) is 15.3. The number of allylic oxidation sites excluding steroid dienone is 1. The second kappa shape index (κ2) is 14.2. The van der Waals surface area contributed by atoms with Crippen LogP contribution in [0.2, 0.25) is 0 Å². The molecule has 13 heteroatoms. The van der Waals surface area contributed by atoms with E-state index in [9.17, 15) is 19.5 Å².